The molecular formula is C31H32N4O9. The van der Waals surface area contributed by atoms with Crippen molar-refractivity contribution < 1.29 is 42.6 Å². The Kier molecular flexibility index (Phi) is 7.66. The van der Waals surface area contributed by atoms with Crippen molar-refractivity contribution in [2.75, 3.05) is 27.1 Å². The fourth-order valence-corrected chi connectivity index (χ4v) is 5.01. The summed E-state index contributed by atoms with van der Waals surface area (Å²) in [6, 6.07) is 8.91. The summed E-state index contributed by atoms with van der Waals surface area (Å²) >= 11 is 0. The summed E-state index contributed by atoms with van der Waals surface area (Å²) in [6.45, 7) is 8.20. The lowest BCUT2D eigenvalue weighted by Gasteiger charge is -2.35. The molecule has 0 saturated carbocycles. The summed E-state index contributed by atoms with van der Waals surface area (Å²) in [5, 5.41) is 0. The molecular weight excluding hydrogens is 572 g/mol. The van der Waals surface area contributed by atoms with Crippen molar-refractivity contribution >= 4 is 40.9 Å². The second kappa shape index (κ2) is 11.1. The number of amides is 4. The molecule has 0 N–H and O–H groups in total. The van der Waals surface area contributed by atoms with E-state index in [1.165, 1.54) is 31.2 Å². The summed E-state index contributed by atoms with van der Waals surface area (Å²) in [4.78, 5) is 74.6. The second-order valence-electron chi connectivity index (χ2n) is 11.6. The first-order valence-electron chi connectivity index (χ1n) is 13.7. The molecule has 0 bridgehead atoms. The van der Waals surface area contributed by atoms with E-state index in [1.807, 2.05) is 0 Å². The molecule has 0 radical (unpaired) electrons. The van der Waals surface area contributed by atoms with Gasteiger partial charge in [0.25, 0.3) is 11.8 Å². The molecule has 0 aliphatic carbocycles. The number of imide groups is 1. The van der Waals surface area contributed by atoms with E-state index in [9.17, 15) is 24.0 Å². The van der Waals surface area contributed by atoms with Crippen LogP contribution in [0.2, 0.25) is 0 Å². The summed E-state index contributed by atoms with van der Waals surface area (Å²) in [5.41, 5.74) is -1.12. The van der Waals surface area contributed by atoms with E-state index in [4.69, 9.17) is 18.6 Å². The van der Waals surface area contributed by atoms with E-state index in [1.54, 1.807) is 51.1 Å². The van der Waals surface area contributed by atoms with Crippen LogP contribution < -0.4 is 4.74 Å². The molecule has 44 heavy (non-hydrogen) atoms. The topological polar surface area (TPSA) is 149 Å². The Morgan fingerprint density at radius 3 is 2.50 bits per heavy atom. The Labute approximate surface area is 252 Å². The molecule has 2 aliphatic rings. The monoisotopic (exact) mass is 604 g/mol. The van der Waals surface area contributed by atoms with Crippen LogP contribution in [0.15, 0.2) is 59.2 Å². The van der Waals surface area contributed by atoms with Crippen LogP contribution in [0.5, 0.6) is 5.75 Å². The molecule has 5 rings (SSSR count). The van der Waals surface area contributed by atoms with Crippen LogP contribution in [0.4, 0.5) is 4.79 Å². The molecule has 1 atom stereocenters. The number of rotatable bonds is 9. The van der Waals surface area contributed by atoms with Crippen LogP contribution in [-0.4, -0.2) is 76.6 Å². The predicted octanol–water partition coefficient (Wildman–Crippen LogP) is 3.58. The highest BCUT2D eigenvalue weighted by atomic mass is 16.6. The average molecular weight is 605 g/mol. The minimum Gasteiger partial charge on any atom is -0.497 e. The molecule has 1 fully saturated rings. The van der Waals surface area contributed by atoms with Gasteiger partial charge in [0, 0.05) is 29.9 Å². The number of benzene rings is 1. The number of carbonyl (C=O) groups excluding carboxylic acids is 5. The standard InChI is InChI=1S/C31H32N4O9/c1-18(2)26(37)42-17-35-29(40)34(16-43-28(39)30(3,4)5)27(38)31(35,24-13-22-23(44-24)8-7-11-32-22)15-33-14-19-9-10-20(41-6)12-21(19)25(33)36/h7-13H,1,14-17H2,2-6H3/t31-/m0/s1. The molecule has 0 spiro atoms. The van der Waals surface area contributed by atoms with Crippen molar-refractivity contribution in [2.45, 2.75) is 39.8 Å². The van der Waals surface area contributed by atoms with Gasteiger partial charge in [-0.05, 0) is 57.5 Å². The summed E-state index contributed by atoms with van der Waals surface area (Å²) in [7, 11) is 1.48. The smallest absolute Gasteiger partial charge is 0.334 e. The van der Waals surface area contributed by atoms with E-state index in [0.717, 1.165) is 9.80 Å². The molecule has 4 heterocycles. The van der Waals surface area contributed by atoms with Gasteiger partial charge in [0.15, 0.2) is 19.0 Å². The third-order valence-electron chi connectivity index (χ3n) is 7.44. The summed E-state index contributed by atoms with van der Waals surface area (Å²) < 4.78 is 22.1. The molecule has 2 aromatic heterocycles. The number of aromatic nitrogens is 1. The van der Waals surface area contributed by atoms with E-state index >= 15 is 0 Å². The van der Waals surface area contributed by atoms with Crippen LogP contribution in [0.1, 0.15) is 49.4 Å². The molecule has 2 aliphatic heterocycles. The SMILES string of the molecule is C=C(C)C(=O)OCN1C(=O)N(COC(=O)C(C)(C)C)C(=O)[C@]1(CN1Cc2ccc(OC)cc2C1=O)c1cc2ncccc2o1. The third-order valence-corrected chi connectivity index (χ3v) is 7.44. The maximum Gasteiger partial charge on any atom is 0.334 e. The Morgan fingerprint density at radius 1 is 1.09 bits per heavy atom. The van der Waals surface area contributed by atoms with Crippen molar-refractivity contribution in [1.29, 1.82) is 0 Å². The highest BCUT2D eigenvalue weighted by Gasteiger charge is 2.63. The first-order valence-corrected chi connectivity index (χ1v) is 13.7. The number of carbonyl (C=O) groups is 5. The lowest BCUT2D eigenvalue weighted by molar-refractivity contribution is -0.159. The molecule has 1 saturated heterocycles. The Bertz CT molecular complexity index is 1670. The van der Waals surface area contributed by atoms with E-state index < -0.39 is 54.2 Å². The normalized spacial score (nSPS) is 18.2. The van der Waals surface area contributed by atoms with Crippen LogP contribution >= 0.6 is 0 Å². The Balaban J connectivity index is 1.62. The van der Waals surface area contributed by atoms with Gasteiger partial charge in [0.2, 0.25) is 5.54 Å². The fourth-order valence-electron chi connectivity index (χ4n) is 5.01. The Morgan fingerprint density at radius 2 is 1.84 bits per heavy atom. The average Bonchev–Trinajstić information content (AvgIpc) is 3.61. The summed E-state index contributed by atoms with van der Waals surface area (Å²) in [5.74, 6) is -2.27. The van der Waals surface area contributed by atoms with E-state index in [0.29, 0.717) is 28.0 Å². The van der Waals surface area contributed by atoms with Gasteiger partial charge in [0.05, 0.1) is 19.1 Å². The molecule has 13 heteroatoms. The van der Waals surface area contributed by atoms with Crippen molar-refractivity contribution in [3.05, 3.63) is 71.6 Å². The quantitative estimate of drug-likeness (QED) is 0.202. The van der Waals surface area contributed by atoms with Gasteiger partial charge in [-0.1, -0.05) is 12.6 Å². The molecule has 0 unspecified atom stereocenters. The lowest BCUT2D eigenvalue weighted by Crippen LogP contribution is -2.55. The third kappa shape index (κ3) is 5.14. The number of ether oxygens (including phenoxy) is 3. The minimum absolute atomic E-state index is 0.0260. The Hall–Kier alpha value is -5.20. The van der Waals surface area contributed by atoms with Crippen LogP contribution in [0.3, 0.4) is 0 Å². The number of fused-ring (bicyclic) bond motifs is 2. The molecule has 1 aromatic carbocycles. The first kappa shape index (κ1) is 30.3. The number of hydrogen-bond acceptors (Lipinski definition) is 10. The number of furan rings is 1. The minimum atomic E-state index is -2.04. The second-order valence-corrected chi connectivity index (χ2v) is 11.6. The maximum atomic E-state index is 14.5. The number of urea groups is 1. The van der Waals surface area contributed by atoms with Gasteiger partial charge in [-0.2, -0.15) is 0 Å². The number of hydrogen-bond donors (Lipinski definition) is 0. The molecule has 13 nitrogen and oxygen atoms in total. The summed E-state index contributed by atoms with van der Waals surface area (Å²) in [6.07, 6.45) is 1.54. The lowest BCUT2D eigenvalue weighted by atomic mass is 9.93. The van der Waals surface area contributed by atoms with Gasteiger partial charge in [-0.15, -0.1) is 0 Å². The zero-order valence-corrected chi connectivity index (χ0v) is 25.0. The molecule has 3 aromatic rings. The van der Waals surface area contributed by atoms with Gasteiger partial charge < -0.3 is 23.5 Å². The first-order chi connectivity index (χ1) is 20.8. The van der Waals surface area contributed by atoms with Crippen molar-refractivity contribution in [1.82, 2.24) is 19.7 Å². The maximum absolute atomic E-state index is 14.5. The zero-order valence-electron chi connectivity index (χ0n) is 25.0. The van der Waals surface area contributed by atoms with E-state index in [2.05, 4.69) is 11.6 Å². The van der Waals surface area contributed by atoms with Gasteiger partial charge in [-0.25, -0.2) is 14.5 Å². The number of pyridine rings is 1. The van der Waals surface area contributed by atoms with Gasteiger partial charge in [0.1, 0.15) is 17.0 Å². The van der Waals surface area contributed by atoms with Crippen LogP contribution in [0, 0.1) is 5.41 Å². The molecule has 230 valence electrons. The predicted molar refractivity (Wildman–Crippen MR) is 154 cm³/mol. The van der Waals surface area contributed by atoms with Crippen LogP contribution in [0.25, 0.3) is 11.1 Å². The van der Waals surface area contributed by atoms with Crippen molar-refractivity contribution in [3.8, 4) is 5.75 Å². The highest BCUT2D eigenvalue weighted by molar-refractivity contribution is 6.08. The van der Waals surface area contributed by atoms with Gasteiger partial charge >= 0.3 is 18.0 Å². The zero-order chi connectivity index (χ0) is 32.0. The molecule has 4 amide bonds. The van der Waals surface area contributed by atoms with E-state index in [-0.39, 0.29) is 24.4 Å². The fraction of sp³-hybridized carbons (Fsp3) is 0.355. The number of methoxy groups -OCH3 is 1. The largest absolute Gasteiger partial charge is 0.497 e. The number of nitrogens with zero attached hydrogens (tertiary/aromatic N) is 4. The van der Waals surface area contributed by atoms with Gasteiger partial charge in [-0.3, -0.25) is 24.3 Å². The van der Waals surface area contributed by atoms with Crippen molar-refractivity contribution in [3.63, 3.8) is 0 Å². The van der Waals surface area contributed by atoms with Crippen LogP contribution in [-0.2, 0) is 35.9 Å². The highest BCUT2D eigenvalue weighted by Crippen LogP contribution is 2.42. The van der Waals surface area contributed by atoms with Crippen molar-refractivity contribution in [2.24, 2.45) is 5.41 Å². The number of esters is 2.